The Kier molecular flexibility index (Phi) is 5.66. The first-order valence-corrected chi connectivity index (χ1v) is 9.08. The summed E-state index contributed by atoms with van der Waals surface area (Å²) in [7, 11) is -1.14. The first-order chi connectivity index (χ1) is 12.2. The largest absolute Gasteiger partial charge is 0.496 e. The van der Waals surface area contributed by atoms with E-state index in [-0.39, 0.29) is 17.0 Å². The van der Waals surface area contributed by atoms with Gasteiger partial charge in [0.2, 0.25) is 0 Å². The molecule has 0 heterocycles. The van der Waals surface area contributed by atoms with Gasteiger partial charge >= 0.3 is 0 Å². The predicted octanol–water partition coefficient (Wildman–Crippen LogP) is 2.53. The molecular formula is C18H19NO6S. The average Bonchev–Trinajstić information content (AvgIpc) is 2.61. The predicted molar refractivity (Wildman–Crippen MR) is 97.4 cm³/mol. The van der Waals surface area contributed by atoms with E-state index in [1.54, 1.807) is 18.2 Å². The van der Waals surface area contributed by atoms with Crippen LogP contribution in [0.1, 0.15) is 28.4 Å². The minimum Gasteiger partial charge on any atom is -0.496 e. The van der Waals surface area contributed by atoms with Crippen LogP contribution in [0.3, 0.4) is 0 Å². The Morgan fingerprint density at radius 1 is 0.962 bits per heavy atom. The minimum atomic E-state index is -4.13. The van der Waals surface area contributed by atoms with E-state index in [1.807, 2.05) is 6.92 Å². The van der Waals surface area contributed by atoms with Crippen molar-refractivity contribution in [3.05, 3.63) is 53.1 Å². The van der Waals surface area contributed by atoms with Crippen LogP contribution in [0.2, 0.25) is 0 Å². The van der Waals surface area contributed by atoms with Gasteiger partial charge in [-0.1, -0.05) is 12.1 Å². The fourth-order valence-electron chi connectivity index (χ4n) is 2.33. The van der Waals surface area contributed by atoms with Crippen molar-refractivity contribution >= 4 is 26.6 Å². The monoisotopic (exact) mass is 377 g/mol. The van der Waals surface area contributed by atoms with Crippen molar-refractivity contribution in [2.24, 2.45) is 0 Å². The zero-order valence-corrected chi connectivity index (χ0v) is 15.6. The third-order valence-corrected chi connectivity index (χ3v) is 5.03. The van der Waals surface area contributed by atoms with Crippen molar-refractivity contribution in [2.75, 3.05) is 18.9 Å². The van der Waals surface area contributed by atoms with Gasteiger partial charge in [-0.25, -0.2) is 0 Å². The smallest absolute Gasteiger partial charge is 0.295 e. The highest BCUT2D eigenvalue weighted by atomic mass is 32.2. The Morgan fingerprint density at radius 3 is 2.04 bits per heavy atom. The van der Waals surface area contributed by atoms with E-state index in [4.69, 9.17) is 9.47 Å². The molecule has 138 valence electrons. The van der Waals surface area contributed by atoms with Crippen LogP contribution in [0, 0.1) is 6.92 Å². The van der Waals surface area contributed by atoms with Crippen LogP contribution in [0.5, 0.6) is 11.5 Å². The van der Waals surface area contributed by atoms with Crippen molar-refractivity contribution in [1.29, 1.82) is 0 Å². The van der Waals surface area contributed by atoms with Crippen molar-refractivity contribution in [1.82, 2.24) is 0 Å². The maximum absolute atomic E-state index is 12.8. The topological polar surface area (TPSA) is 98.8 Å². The molecule has 0 saturated heterocycles. The molecule has 0 saturated carbocycles. The van der Waals surface area contributed by atoms with E-state index in [0.29, 0.717) is 17.1 Å². The highest BCUT2D eigenvalue weighted by Crippen LogP contribution is 2.30. The summed E-state index contributed by atoms with van der Waals surface area (Å²) in [5, 5.41) is -1.01. The quantitative estimate of drug-likeness (QED) is 0.777. The maximum Gasteiger partial charge on any atom is 0.295 e. The second kappa shape index (κ2) is 7.57. The van der Waals surface area contributed by atoms with Crippen LogP contribution >= 0.6 is 0 Å². The summed E-state index contributed by atoms with van der Waals surface area (Å²) in [5.74, 6) is 0.660. The highest BCUT2D eigenvalue weighted by Gasteiger charge is 2.19. The van der Waals surface area contributed by atoms with Gasteiger partial charge in [0, 0.05) is 29.3 Å². The molecule has 7 nitrogen and oxygen atoms in total. The van der Waals surface area contributed by atoms with Crippen molar-refractivity contribution in [3.63, 3.8) is 0 Å². The van der Waals surface area contributed by atoms with E-state index < -0.39 is 15.1 Å². The number of ketones is 1. The molecule has 0 radical (unpaired) electrons. The standard InChI is InChI=1S/C18H19NO6S/c1-11-16(24-3)9-14(10-17(11)25-4)18(21)13-6-5-7-15(8-13)19-26(22,23)12(2)20/h5-10,19H,1-4H3. The summed E-state index contributed by atoms with van der Waals surface area (Å²) in [5.41, 5.74) is 1.46. The molecule has 26 heavy (non-hydrogen) atoms. The Hall–Kier alpha value is -2.87. The second-order valence-corrected chi connectivity index (χ2v) is 7.30. The molecule has 0 aliphatic heterocycles. The SMILES string of the molecule is COc1cc(C(=O)c2cccc(NS(=O)(=O)C(C)=O)c2)cc(OC)c1C. The molecular weight excluding hydrogens is 358 g/mol. The molecule has 2 rings (SSSR count). The summed E-state index contributed by atoms with van der Waals surface area (Å²) in [4.78, 5) is 23.9. The minimum absolute atomic E-state index is 0.122. The molecule has 0 fully saturated rings. The number of methoxy groups -OCH3 is 2. The van der Waals surface area contributed by atoms with E-state index in [2.05, 4.69) is 4.72 Å². The van der Waals surface area contributed by atoms with E-state index >= 15 is 0 Å². The summed E-state index contributed by atoms with van der Waals surface area (Å²) in [6, 6.07) is 9.06. The van der Waals surface area contributed by atoms with Gasteiger partial charge in [-0.2, -0.15) is 8.42 Å². The second-order valence-electron chi connectivity index (χ2n) is 5.51. The lowest BCUT2D eigenvalue weighted by Crippen LogP contribution is -2.20. The van der Waals surface area contributed by atoms with Crippen molar-refractivity contribution in [3.8, 4) is 11.5 Å². The Balaban J connectivity index is 2.42. The number of sulfonamides is 1. The van der Waals surface area contributed by atoms with Crippen LogP contribution in [-0.2, 0) is 14.8 Å². The fourth-order valence-corrected chi connectivity index (χ4v) is 2.92. The van der Waals surface area contributed by atoms with Crippen LogP contribution in [-0.4, -0.2) is 33.5 Å². The number of hydrogen-bond acceptors (Lipinski definition) is 6. The Morgan fingerprint density at radius 2 is 1.54 bits per heavy atom. The lowest BCUT2D eigenvalue weighted by molar-refractivity contribution is -0.109. The maximum atomic E-state index is 12.8. The third-order valence-electron chi connectivity index (χ3n) is 3.77. The van der Waals surface area contributed by atoms with Gasteiger partial charge < -0.3 is 9.47 Å². The van der Waals surface area contributed by atoms with Crippen molar-refractivity contribution in [2.45, 2.75) is 13.8 Å². The van der Waals surface area contributed by atoms with Crippen LogP contribution in [0.4, 0.5) is 5.69 Å². The molecule has 0 aliphatic carbocycles. The van der Waals surface area contributed by atoms with Gasteiger partial charge in [-0.15, -0.1) is 0 Å². The molecule has 0 unspecified atom stereocenters. The Bertz CT molecular complexity index is 940. The van der Waals surface area contributed by atoms with Gasteiger partial charge in [-0.3, -0.25) is 14.3 Å². The average molecular weight is 377 g/mol. The molecule has 0 amide bonds. The molecule has 2 aromatic rings. The van der Waals surface area contributed by atoms with Crippen LogP contribution in [0.15, 0.2) is 36.4 Å². The number of carbonyl (C=O) groups excluding carboxylic acids is 2. The lowest BCUT2D eigenvalue weighted by atomic mass is 10.0. The van der Waals surface area contributed by atoms with E-state index in [1.165, 1.54) is 32.4 Å². The number of rotatable bonds is 6. The van der Waals surface area contributed by atoms with Gasteiger partial charge in [0.1, 0.15) is 11.5 Å². The molecule has 0 spiro atoms. The first-order valence-electron chi connectivity index (χ1n) is 7.60. The number of anilines is 1. The van der Waals surface area contributed by atoms with Crippen molar-refractivity contribution < 1.29 is 27.5 Å². The summed E-state index contributed by atoms with van der Waals surface area (Å²) in [6.07, 6.45) is 0. The summed E-state index contributed by atoms with van der Waals surface area (Å²) < 4.78 is 36.0. The van der Waals surface area contributed by atoms with E-state index in [0.717, 1.165) is 12.5 Å². The number of hydrogen-bond donors (Lipinski definition) is 1. The molecule has 0 aromatic heterocycles. The summed E-state index contributed by atoms with van der Waals surface area (Å²) >= 11 is 0. The van der Waals surface area contributed by atoms with Gasteiger partial charge in [0.15, 0.2) is 5.78 Å². The molecule has 0 aliphatic rings. The number of carbonyl (C=O) groups is 2. The normalized spacial score (nSPS) is 10.9. The zero-order chi connectivity index (χ0) is 19.5. The molecule has 2 aromatic carbocycles. The lowest BCUT2D eigenvalue weighted by Gasteiger charge is -2.12. The third kappa shape index (κ3) is 4.02. The zero-order valence-electron chi connectivity index (χ0n) is 14.8. The number of nitrogens with one attached hydrogen (secondary N) is 1. The van der Waals surface area contributed by atoms with Gasteiger partial charge in [0.05, 0.1) is 14.2 Å². The molecule has 8 heteroatoms. The fraction of sp³-hybridized carbons (Fsp3) is 0.222. The number of ether oxygens (including phenoxy) is 2. The molecule has 0 bridgehead atoms. The molecule has 1 N–H and O–H groups in total. The highest BCUT2D eigenvalue weighted by molar-refractivity contribution is 8.07. The van der Waals surface area contributed by atoms with Gasteiger partial charge in [-0.05, 0) is 31.2 Å². The van der Waals surface area contributed by atoms with Crippen LogP contribution in [0.25, 0.3) is 0 Å². The first kappa shape index (κ1) is 19.5. The number of benzene rings is 2. The Labute approximate surface area is 152 Å². The van der Waals surface area contributed by atoms with Crippen LogP contribution < -0.4 is 14.2 Å². The molecule has 0 atom stereocenters. The summed E-state index contributed by atoms with van der Waals surface area (Å²) in [6.45, 7) is 2.76. The van der Waals surface area contributed by atoms with E-state index in [9.17, 15) is 18.0 Å². The van der Waals surface area contributed by atoms with Gasteiger partial charge in [0.25, 0.3) is 15.1 Å².